The summed E-state index contributed by atoms with van der Waals surface area (Å²) in [5.74, 6) is 4.89. The molecule has 2 heterocycles. The predicted octanol–water partition coefficient (Wildman–Crippen LogP) is 5.50. The minimum absolute atomic E-state index is 0.0507. The number of ether oxygens (including phenoxy) is 1. The monoisotopic (exact) mass is 411 g/mol. The number of carbonyl (C=O) groups excluding carboxylic acids is 1. The highest BCUT2D eigenvalue weighted by molar-refractivity contribution is 5.91. The van der Waals surface area contributed by atoms with Gasteiger partial charge in [0.15, 0.2) is 5.78 Å². The number of hydrogen-bond acceptors (Lipinski definition) is 3. The van der Waals surface area contributed by atoms with E-state index in [1.807, 2.05) is 6.08 Å². The van der Waals surface area contributed by atoms with Crippen molar-refractivity contribution in [3.8, 4) is 0 Å². The molecule has 3 nitrogen and oxygen atoms in total. The van der Waals surface area contributed by atoms with Crippen molar-refractivity contribution in [2.24, 2.45) is 46.3 Å². The number of allylic oxidation sites excluding steroid dienone is 1. The summed E-state index contributed by atoms with van der Waals surface area (Å²) in [4.78, 5) is 12.1. The Balaban J connectivity index is 1.28. The number of ketones is 1. The van der Waals surface area contributed by atoms with Crippen molar-refractivity contribution in [3.05, 3.63) is 11.6 Å². The second-order valence-electron chi connectivity index (χ2n) is 12.6. The molecule has 10 atom stereocenters. The van der Waals surface area contributed by atoms with Crippen LogP contribution in [0.25, 0.3) is 0 Å². The molecule has 2 aliphatic heterocycles. The molecule has 4 aliphatic carbocycles. The third-order valence-corrected chi connectivity index (χ3v) is 11.4. The number of carbonyl (C=O) groups is 1. The molecule has 166 valence electrons. The van der Waals surface area contributed by atoms with E-state index >= 15 is 0 Å². The van der Waals surface area contributed by atoms with Gasteiger partial charge in [0, 0.05) is 18.9 Å². The molecule has 6 aliphatic rings. The van der Waals surface area contributed by atoms with E-state index in [-0.39, 0.29) is 11.1 Å². The van der Waals surface area contributed by atoms with Crippen LogP contribution < -0.4 is 5.32 Å². The average Bonchev–Trinajstić information content (AvgIpc) is 3.16. The lowest BCUT2D eigenvalue weighted by atomic mass is 9.46. The Kier molecular flexibility index (Phi) is 4.29. The Morgan fingerprint density at radius 3 is 2.63 bits per heavy atom. The Hall–Kier alpha value is -0.670. The summed E-state index contributed by atoms with van der Waals surface area (Å²) < 4.78 is 6.99. The van der Waals surface area contributed by atoms with Gasteiger partial charge in [0.1, 0.15) is 5.72 Å². The number of nitrogens with one attached hydrogen (secondary N) is 1. The van der Waals surface area contributed by atoms with E-state index in [0.29, 0.717) is 29.1 Å². The molecule has 3 saturated carbocycles. The van der Waals surface area contributed by atoms with Crippen LogP contribution in [0.15, 0.2) is 11.6 Å². The largest absolute Gasteiger partial charge is 0.357 e. The van der Waals surface area contributed by atoms with Gasteiger partial charge in [-0.3, -0.25) is 10.1 Å². The number of piperidine rings is 1. The Morgan fingerprint density at radius 2 is 1.87 bits per heavy atom. The highest BCUT2D eigenvalue weighted by Crippen LogP contribution is 2.70. The molecule has 0 aromatic heterocycles. The van der Waals surface area contributed by atoms with Crippen LogP contribution in [-0.2, 0) is 9.53 Å². The average molecular weight is 412 g/mol. The van der Waals surface area contributed by atoms with Gasteiger partial charge < -0.3 is 4.74 Å². The van der Waals surface area contributed by atoms with Gasteiger partial charge in [-0.2, -0.15) is 0 Å². The van der Waals surface area contributed by atoms with Gasteiger partial charge in [-0.1, -0.05) is 33.3 Å². The third-order valence-electron chi connectivity index (χ3n) is 11.4. The topological polar surface area (TPSA) is 38.3 Å². The zero-order chi connectivity index (χ0) is 20.9. The van der Waals surface area contributed by atoms with Crippen molar-refractivity contribution >= 4 is 5.78 Å². The summed E-state index contributed by atoms with van der Waals surface area (Å²) in [6.45, 7) is 11.1. The first-order valence-electron chi connectivity index (χ1n) is 12.9. The van der Waals surface area contributed by atoms with Crippen molar-refractivity contribution in [2.75, 3.05) is 6.54 Å². The second kappa shape index (κ2) is 6.44. The Bertz CT molecular complexity index is 780. The standard InChI is InChI=1S/C27H41NO2/c1-16-7-12-27(28-15-16)17(2)24-23(30-27)14-22-20-6-5-18-13-19(29)8-10-25(18,3)21(20)9-11-26(22,24)4/h13,16-17,20-24,28H,5-12,14-15H2,1-4H3/t16-,17+,20-,21+,22+,23+,24+,25+,26+,27-/m1/s1. The normalized spacial score (nSPS) is 57.4. The molecule has 0 radical (unpaired) electrons. The molecule has 3 heteroatoms. The van der Waals surface area contributed by atoms with E-state index in [2.05, 4.69) is 33.0 Å². The van der Waals surface area contributed by atoms with Gasteiger partial charge in [-0.05, 0) is 97.9 Å². The van der Waals surface area contributed by atoms with Gasteiger partial charge in [0.25, 0.3) is 0 Å². The smallest absolute Gasteiger partial charge is 0.155 e. The Morgan fingerprint density at radius 1 is 1.03 bits per heavy atom. The predicted molar refractivity (Wildman–Crippen MR) is 119 cm³/mol. The fraction of sp³-hybridized carbons (Fsp3) is 0.889. The molecule has 1 spiro atoms. The van der Waals surface area contributed by atoms with Gasteiger partial charge >= 0.3 is 0 Å². The highest BCUT2D eigenvalue weighted by atomic mass is 16.5. The second-order valence-corrected chi connectivity index (χ2v) is 12.6. The van der Waals surface area contributed by atoms with E-state index in [9.17, 15) is 4.79 Å². The molecule has 30 heavy (non-hydrogen) atoms. The minimum Gasteiger partial charge on any atom is -0.357 e. The molecular weight excluding hydrogens is 370 g/mol. The van der Waals surface area contributed by atoms with E-state index in [0.717, 1.165) is 49.5 Å². The molecule has 6 rings (SSSR count). The van der Waals surface area contributed by atoms with Crippen molar-refractivity contribution in [2.45, 2.75) is 97.3 Å². The van der Waals surface area contributed by atoms with Crippen molar-refractivity contribution in [1.82, 2.24) is 5.32 Å². The quantitative estimate of drug-likeness (QED) is 0.572. The third kappa shape index (κ3) is 2.48. The summed E-state index contributed by atoms with van der Waals surface area (Å²) in [7, 11) is 0. The number of hydrogen-bond donors (Lipinski definition) is 1. The van der Waals surface area contributed by atoms with E-state index < -0.39 is 0 Å². The van der Waals surface area contributed by atoms with Gasteiger partial charge in [0.05, 0.1) is 6.10 Å². The fourth-order valence-corrected chi connectivity index (χ4v) is 9.76. The summed E-state index contributed by atoms with van der Waals surface area (Å²) >= 11 is 0. The van der Waals surface area contributed by atoms with E-state index in [4.69, 9.17) is 4.74 Å². The lowest BCUT2D eigenvalue weighted by Crippen LogP contribution is -2.57. The SMILES string of the molecule is C[C@@H]1CC[C@@]2(NC1)O[C@H]1C[C@H]3[C@@H]4CCC5=CC(=O)CC[C@]5(C)[C@H]4CC[C@]3(C)[C@H]1[C@@H]2C. The zero-order valence-electron chi connectivity index (χ0n) is 19.5. The molecular formula is C27H41NO2. The minimum atomic E-state index is -0.0507. The summed E-state index contributed by atoms with van der Waals surface area (Å²) in [6, 6.07) is 0. The van der Waals surface area contributed by atoms with E-state index in [1.54, 1.807) is 0 Å². The molecule has 0 aromatic carbocycles. The van der Waals surface area contributed by atoms with Crippen molar-refractivity contribution in [1.29, 1.82) is 0 Å². The maximum Gasteiger partial charge on any atom is 0.155 e. The van der Waals surface area contributed by atoms with Crippen LogP contribution in [0.5, 0.6) is 0 Å². The fourth-order valence-electron chi connectivity index (χ4n) is 9.76. The summed E-state index contributed by atoms with van der Waals surface area (Å²) in [5.41, 5.74) is 2.16. The van der Waals surface area contributed by atoms with Gasteiger partial charge in [-0.25, -0.2) is 0 Å². The maximum absolute atomic E-state index is 12.1. The van der Waals surface area contributed by atoms with Crippen LogP contribution in [0, 0.1) is 46.3 Å². The van der Waals surface area contributed by atoms with Gasteiger partial charge in [-0.15, -0.1) is 0 Å². The molecule has 2 saturated heterocycles. The lowest BCUT2D eigenvalue weighted by molar-refractivity contribution is -0.120. The molecule has 5 fully saturated rings. The highest BCUT2D eigenvalue weighted by Gasteiger charge is 2.68. The maximum atomic E-state index is 12.1. The van der Waals surface area contributed by atoms with E-state index in [1.165, 1.54) is 44.1 Å². The van der Waals surface area contributed by atoms with Crippen LogP contribution in [-0.4, -0.2) is 24.2 Å². The summed E-state index contributed by atoms with van der Waals surface area (Å²) in [5, 5.41) is 3.88. The first kappa shape index (κ1) is 20.0. The zero-order valence-corrected chi connectivity index (χ0v) is 19.5. The van der Waals surface area contributed by atoms with Gasteiger partial charge in [0.2, 0.25) is 0 Å². The molecule has 1 N–H and O–H groups in total. The van der Waals surface area contributed by atoms with Crippen molar-refractivity contribution in [3.63, 3.8) is 0 Å². The van der Waals surface area contributed by atoms with Crippen LogP contribution in [0.2, 0.25) is 0 Å². The number of rotatable bonds is 0. The molecule has 0 aromatic rings. The van der Waals surface area contributed by atoms with Crippen LogP contribution in [0.1, 0.15) is 85.5 Å². The first-order chi connectivity index (χ1) is 14.3. The first-order valence-corrected chi connectivity index (χ1v) is 12.9. The van der Waals surface area contributed by atoms with Crippen LogP contribution in [0.3, 0.4) is 0 Å². The lowest BCUT2D eigenvalue weighted by Gasteiger charge is -2.58. The summed E-state index contributed by atoms with van der Waals surface area (Å²) in [6.07, 6.45) is 13.3. The van der Waals surface area contributed by atoms with Crippen LogP contribution >= 0.6 is 0 Å². The Labute approximate surface area is 182 Å². The number of fused-ring (bicyclic) bond motifs is 7. The van der Waals surface area contributed by atoms with Crippen molar-refractivity contribution < 1.29 is 9.53 Å². The molecule has 0 amide bonds. The molecule has 0 bridgehead atoms. The van der Waals surface area contributed by atoms with Crippen LogP contribution in [0.4, 0.5) is 0 Å². The molecule has 0 unspecified atom stereocenters.